The first kappa shape index (κ1) is 17.2. The average molecular weight is 338 g/mol. The maximum absolute atomic E-state index is 5.00. The summed E-state index contributed by atoms with van der Waals surface area (Å²) in [7, 11) is 1.69. The van der Waals surface area contributed by atoms with Crippen molar-refractivity contribution in [2.45, 2.75) is 36.3 Å². The van der Waals surface area contributed by atoms with E-state index in [1.54, 1.807) is 30.2 Å². The molecule has 6 heteroatoms. The molecule has 0 saturated heterocycles. The summed E-state index contributed by atoms with van der Waals surface area (Å²) < 4.78 is 5.98. The zero-order valence-corrected chi connectivity index (χ0v) is 15.2. The van der Waals surface area contributed by atoms with Crippen molar-refractivity contribution in [2.24, 2.45) is 0 Å². The molecule has 0 spiro atoms. The maximum Gasteiger partial charge on any atom is 0.206 e. The van der Waals surface area contributed by atoms with Gasteiger partial charge in [-0.05, 0) is 16.5 Å². The normalized spacial score (nSPS) is 11.6. The third-order valence-electron chi connectivity index (χ3n) is 3.17. The lowest BCUT2D eigenvalue weighted by molar-refractivity contribution is 0.211. The summed E-state index contributed by atoms with van der Waals surface area (Å²) in [6, 6.07) is 8.83. The quantitative estimate of drug-likeness (QED) is 0.606. The maximum atomic E-state index is 5.00. The third kappa shape index (κ3) is 5.26. The van der Waals surface area contributed by atoms with Gasteiger partial charge >= 0.3 is 0 Å². The average Bonchev–Trinajstić information content (AvgIpc) is 2.93. The number of aromatic nitrogens is 2. The van der Waals surface area contributed by atoms with Gasteiger partial charge < -0.3 is 10.1 Å². The zero-order chi connectivity index (χ0) is 16.0. The molecule has 0 aliphatic rings. The molecule has 0 atom stereocenters. The molecule has 2 rings (SSSR count). The van der Waals surface area contributed by atoms with Crippen molar-refractivity contribution in [3.8, 4) is 0 Å². The second-order valence-corrected chi connectivity index (χ2v) is 8.23. The van der Waals surface area contributed by atoms with Crippen molar-refractivity contribution in [1.82, 2.24) is 10.2 Å². The highest BCUT2D eigenvalue weighted by atomic mass is 32.2. The Hall–Kier alpha value is -1.11. The summed E-state index contributed by atoms with van der Waals surface area (Å²) >= 11 is 3.30. The van der Waals surface area contributed by atoms with Crippen LogP contribution in [0.3, 0.4) is 0 Å². The Morgan fingerprint density at radius 3 is 2.55 bits per heavy atom. The highest BCUT2D eigenvalue weighted by Gasteiger charge is 2.13. The van der Waals surface area contributed by atoms with Gasteiger partial charge in [-0.25, -0.2) is 0 Å². The Balaban J connectivity index is 1.85. The first-order chi connectivity index (χ1) is 10.5. The lowest BCUT2D eigenvalue weighted by atomic mass is 9.87. The Bertz CT molecular complexity index is 576. The minimum absolute atomic E-state index is 0.202. The molecule has 0 radical (unpaired) electrons. The van der Waals surface area contributed by atoms with Gasteiger partial charge in [0.15, 0.2) is 4.34 Å². The fourth-order valence-corrected chi connectivity index (χ4v) is 3.58. The Morgan fingerprint density at radius 2 is 1.91 bits per heavy atom. The van der Waals surface area contributed by atoms with E-state index in [1.807, 2.05) is 0 Å². The molecular weight excluding hydrogens is 314 g/mol. The summed E-state index contributed by atoms with van der Waals surface area (Å²) in [5.74, 6) is 0.914. The van der Waals surface area contributed by atoms with Crippen LogP contribution in [0.25, 0.3) is 0 Å². The van der Waals surface area contributed by atoms with Gasteiger partial charge in [0.1, 0.15) is 0 Å². The molecule has 2 aromatic rings. The Morgan fingerprint density at radius 1 is 1.18 bits per heavy atom. The van der Waals surface area contributed by atoms with Gasteiger partial charge in [-0.15, -0.1) is 10.2 Å². The number of hydrogen-bond acceptors (Lipinski definition) is 6. The van der Waals surface area contributed by atoms with Crippen LogP contribution in [0.2, 0.25) is 0 Å². The molecule has 0 bridgehead atoms. The molecule has 22 heavy (non-hydrogen) atoms. The molecule has 4 nitrogen and oxygen atoms in total. The van der Waals surface area contributed by atoms with E-state index in [1.165, 1.54) is 11.1 Å². The zero-order valence-electron chi connectivity index (χ0n) is 13.5. The molecule has 0 aliphatic heterocycles. The topological polar surface area (TPSA) is 47.0 Å². The number of ether oxygens (including phenoxy) is 1. The molecule has 0 fully saturated rings. The van der Waals surface area contributed by atoms with Crippen LogP contribution in [0.15, 0.2) is 28.6 Å². The summed E-state index contributed by atoms with van der Waals surface area (Å²) in [5.41, 5.74) is 2.87. The highest BCUT2D eigenvalue weighted by molar-refractivity contribution is 8.00. The number of hydrogen-bond donors (Lipinski definition) is 1. The number of benzene rings is 1. The molecule has 0 saturated carbocycles. The van der Waals surface area contributed by atoms with Crippen molar-refractivity contribution in [2.75, 3.05) is 25.6 Å². The van der Waals surface area contributed by atoms with E-state index >= 15 is 0 Å². The van der Waals surface area contributed by atoms with Gasteiger partial charge in [0.05, 0.1) is 6.61 Å². The minimum atomic E-state index is 0.202. The lowest BCUT2D eigenvalue weighted by Crippen LogP contribution is -2.10. The molecule has 0 unspecified atom stereocenters. The number of methoxy groups -OCH3 is 1. The smallest absolute Gasteiger partial charge is 0.206 e. The predicted molar refractivity (Wildman–Crippen MR) is 95.0 cm³/mol. The van der Waals surface area contributed by atoms with Crippen molar-refractivity contribution in [3.63, 3.8) is 0 Å². The van der Waals surface area contributed by atoms with Gasteiger partial charge in [-0.1, -0.05) is 68.1 Å². The molecular formula is C16H23N3OS2. The summed E-state index contributed by atoms with van der Waals surface area (Å²) in [5, 5.41) is 12.4. The van der Waals surface area contributed by atoms with Crippen LogP contribution in [0.5, 0.6) is 0 Å². The molecule has 1 aromatic carbocycles. The molecule has 1 N–H and O–H groups in total. The summed E-state index contributed by atoms with van der Waals surface area (Å²) in [6.45, 7) is 8.12. The van der Waals surface area contributed by atoms with Crippen LogP contribution in [0, 0.1) is 0 Å². The SMILES string of the molecule is COCCNc1nnc(SCc2ccc(C(C)(C)C)cc2)s1. The van der Waals surface area contributed by atoms with Gasteiger partial charge in [0.2, 0.25) is 5.13 Å². The van der Waals surface area contributed by atoms with E-state index in [0.717, 1.165) is 21.8 Å². The molecule has 0 amide bonds. The number of nitrogens with zero attached hydrogens (tertiary/aromatic N) is 2. The second-order valence-electron chi connectivity index (χ2n) is 6.03. The van der Waals surface area contributed by atoms with E-state index in [9.17, 15) is 0 Å². The predicted octanol–water partition coefficient (Wildman–Crippen LogP) is 4.19. The third-order valence-corrected chi connectivity index (χ3v) is 5.26. The molecule has 1 heterocycles. The Labute approximate surface area is 140 Å². The number of thioether (sulfide) groups is 1. The largest absolute Gasteiger partial charge is 0.383 e. The van der Waals surface area contributed by atoms with Gasteiger partial charge in [0.25, 0.3) is 0 Å². The second kappa shape index (κ2) is 7.94. The summed E-state index contributed by atoms with van der Waals surface area (Å²) in [4.78, 5) is 0. The van der Waals surface area contributed by atoms with Crippen LogP contribution in [-0.2, 0) is 15.9 Å². The van der Waals surface area contributed by atoms with Gasteiger partial charge in [-0.3, -0.25) is 0 Å². The fraction of sp³-hybridized carbons (Fsp3) is 0.500. The van der Waals surface area contributed by atoms with Crippen LogP contribution < -0.4 is 5.32 Å². The summed E-state index contributed by atoms with van der Waals surface area (Å²) in [6.07, 6.45) is 0. The van der Waals surface area contributed by atoms with E-state index < -0.39 is 0 Å². The highest BCUT2D eigenvalue weighted by Crippen LogP contribution is 2.29. The number of nitrogens with one attached hydrogen (secondary N) is 1. The van der Waals surface area contributed by atoms with Crippen molar-refractivity contribution >= 4 is 28.2 Å². The van der Waals surface area contributed by atoms with Crippen molar-refractivity contribution in [1.29, 1.82) is 0 Å². The number of anilines is 1. The molecule has 120 valence electrons. The monoisotopic (exact) mass is 337 g/mol. The van der Waals surface area contributed by atoms with Gasteiger partial charge in [-0.2, -0.15) is 0 Å². The van der Waals surface area contributed by atoms with E-state index in [4.69, 9.17) is 4.74 Å². The van der Waals surface area contributed by atoms with E-state index in [0.29, 0.717) is 6.61 Å². The van der Waals surface area contributed by atoms with Crippen molar-refractivity contribution in [3.05, 3.63) is 35.4 Å². The number of rotatable bonds is 7. The lowest BCUT2D eigenvalue weighted by Gasteiger charge is -2.19. The van der Waals surface area contributed by atoms with Gasteiger partial charge in [0, 0.05) is 19.4 Å². The van der Waals surface area contributed by atoms with E-state index in [2.05, 4.69) is 60.6 Å². The van der Waals surface area contributed by atoms with Crippen LogP contribution in [-0.4, -0.2) is 30.5 Å². The fourth-order valence-electron chi connectivity index (χ4n) is 1.85. The van der Waals surface area contributed by atoms with Crippen LogP contribution in [0.4, 0.5) is 5.13 Å². The standard InChI is InChI=1S/C16H23N3OS2/c1-16(2,3)13-7-5-12(6-8-13)11-21-15-19-18-14(22-15)17-9-10-20-4/h5-8H,9-11H2,1-4H3,(H,17,18). The first-order valence-corrected chi connectivity index (χ1v) is 9.08. The Kier molecular flexibility index (Phi) is 6.23. The van der Waals surface area contributed by atoms with Crippen LogP contribution in [0.1, 0.15) is 31.9 Å². The minimum Gasteiger partial charge on any atom is -0.383 e. The molecule has 1 aromatic heterocycles. The van der Waals surface area contributed by atoms with Crippen molar-refractivity contribution < 1.29 is 4.74 Å². The molecule has 0 aliphatic carbocycles. The van der Waals surface area contributed by atoms with Crippen LogP contribution >= 0.6 is 23.1 Å². The first-order valence-electron chi connectivity index (χ1n) is 7.27. The van der Waals surface area contributed by atoms with E-state index in [-0.39, 0.29) is 5.41 Å².